The first-order chi connectivity index (χ1) is 12.1. The Bertz CT molecular complexity index is 816. The fourth-order valence-electron chi connectivity index (χ4n) is 3.64. The summed E-state index contributed by atoms with van der Waals surface area (Å²) in [4.78, 5) is 30.0. The predicted molar refractivity (Wildman–Crippen MR) is 92.0 cm³/mol. The molecule has 2 aliphatic heterocycles. The van der Waals surface area contributed by atoms with Crippen LogP contribution in [0.2, 0.25) is 0 Å². The quantitative estimate of drug-likeness (QED) is 0.885. The molecule has 2 unspecified atom stereocenters. The van der Waals surface area contributed by atoms with E-state index in [4.69, 9.17) is 4.42 Å². The van der Waals surface area contributed by atoms with Gasteiger partial charge in [0.15, 0.2) is 5.76 Å². The highest BCUT2D eigenvalue weighted by Crippen LogP contribution is 2.28. The molecular formula is C18H20N4O3. The summed E-state index contributed by atoms with van der Waals surface area (Å²) in [7, 11) is 0. The molecule has 0 radical (unpaired) electrons. The number of carbonyl (C=O) groups is 2. The minimum absolute atomic E-state index is 0.0673. The summed E-state index contributed by atoms with van der Waals surface area (Å²) in [5, 5.41) is 5.76. The number of piperidine rings is 1. The zero-order chi connectivity index (χ0) is 17.4. The first-order valence-electron chi connectivity index (χ1n) is 8.45. The van der Waals surface area contributed by atoms with Crippen LogP contribution < -0.4 is 10.6 Å². The lowest BCUT2D eigenvalue weighted by molar-refractivity contribution is -0.114. The van der Waals surface area contributed by atoms with Crippen LogP contribution in [0, 0.1) is 5.92 Å². The maximum Gasteiger partial charge on any atom is 0.307 e. The lowest BCUT2D eigenvalue weighted by atomic mass is 10.0. The zero-order valence-corrected chi connectivity index (χ0v) is 14.0. The molecule has 2 N–H and O–H groups in total. The number of fused-ring (bicyclic) bond motifs is 2. The standard InChI is InChI=1S/C18H20N4O3/c1-11(23)20-14-4-2-3-12(7-14)16-8-19-18(25-16)17(24)21-15-10-22-6-5-13(15)9-22/h2-4,7-8,13,15H,5-6,9-10H2,1H3,(H,20,23)(H,21,24)/t13-,15?/m0/s1. The number of hydrogen-bond acceptors (Lipinski definition) is 5. The van der Waals surface area contributed by atoms with Crippen LogP contribution in [-0.2, 0) is 4.79 Å². The number of anilines is 1. The highest BCUT2D eigenvalue weighted by molar-refractivity contribution is 5.91. The molecule has 0 spiro atoms. The molecule has 2 fully saturated rings. The molecule has 2 saturated heterocycles. The number of hydrogen-bond donors (Lipinski definition) is 2. The molecule has 1 aromatic heterocycles. The third kappa shape index (κ3) is 3.28. The number of nitrogens with one attached hydrogen (secondary N) is 2. The van der Waals surface area contributed by atoms with Gasteiger partial charge in [0.25, 0.3) is 5.89 Å². The van der Waals surface area contributed by atoms with Gasteiger partial charge >= 0.3 is 5.91 Å². The largest absolute Gasteiger partial charge is 0.432 e. The van der Waals surface area contributed by atoms with Gasteiger partial charge < -0.3 is 20.0 Å². The average Bonchev–Trinajstić information content (AvgIpc) is 3.31. The van der Waals surface area contributed by atoms with Gasteiger partial charge in [0.2, 0.25) is 5.91 Å². The van der Waals surface area contributed by atoms with E-state index in [-0.39, 0.29) is 23.7 Å². The van der Waals surface area contributed by atoms with E-state index < -0.39 is 0 Å². The molecule has 7 heteroatoms. The number of aromatic nitrogens is 1. The minimum atomic E-state index is -0.275. The molecular weight excluding hydrogens is 320 g/mol. The van der Waals surface area contributed by atoms with Crippen molar-refractivity contribution in [3.05, 3.63) is 36.4 Å². The zero-order valence-electron chi connectivity index (χ0n) is 14.0. The van der Waals surface area contributed by atoms with Crippen molar-refractivity contribution < 1.29 is 14.0 Å². The Morgan fingerprint density at radius 2 is 2.20 bits per heavy atom. The predicted octanol–water partition coefficient (Wildman–Crippen LogP) is 1.73. The van der Waals surface area contributed by atoms with Crippen molar-refractivity contribution in [1.82, 2.24) is 15.2 Å². The van der Waals surface area contributed by atoms with Crippen molar-refractivity contribution in [3.8, 4) is 11.3 Å². The molecule has 3 heterocycles. The molecule has 2 amide bonds. The summed E-state index contributed by atoms with van der Waals surface area (Å²) < 4.78 is 5.63. The molecule has 2 bridgehead atoms. The fourth-order valence-corrected chi connectivity index (χ4v) is 3.64. The molecule has 4 rings (SSSR count). The molecule has 25 heavy (non-hydrogen) atoms. The lowest BCUT2D eigenvalue weighted by Gasteiger charge is -2.22. The summed E-state index contributed by atoms with van der Waals surface area (Å²) in [6, 6.07) is 7.41. The maximum atomic E-state index is 12.4. The third-order valence-corrected chi connectivity index (χ3v) is 4.82. The molecule has 130 valence electrons. The first kappa shape index (κ1) is 15.8. The van der Waals surface area contributed by atoms with Gasteiger partial charge in [0.1, 0.15) is 0 Å². The van der Waals surface area contributed by atoms with E-state index in [9.17, 15) is 9.59 Å². The fraction of sp³-hybridized carbons (Fsp3) is 0.389. The Hall–Kier alpha value is -2.67. The van der Waals surface area contributed by atoms with Crippen LogP contribution in [-0.4, -0.2) is 47.4 Å². The highest BCUT2D eigenvalue weighted by atomic mass is 16.4. The van der Waals surface area contributed by atoms with E-state index in [0.29, 0.717) is 17.4 Å². The molecule has 0 saturated carbocycles. The summed E-state index contributed by atoms with van der Waals surface area (Å²) in [5.74, 6) is 0.680. The van der Waals surface area contributed by atoms with Gasteiger partial charge in [-0.1, -0.05) is 12.1 Å². The van der Waals surface area contributed by atoms with E-state index in [1.54, 1.807) is 12.1 Å². The van der Waals surface area contributed by atoms with E-state index in [1.807, 2.05) is 12.1 Å². The van der Waals surface area contributed by atoms with Gasteiger partial charge in [-0.3, -0.25) is 9.59 Å². The Labute approximate surface area is 145 Å². The second-order valence-corrected chi connectivity index (χ2v) is 6.68. The van der Waals surface area contributed by atoms with Crippen molar-refractivity contribution in [2.75, 3.05) is 25.0 Å². The van der Waals surface area contributed by atoms with Gasteiger partial charge in [0.05, 0.1) is 6.20 Å². The maximum absolute atomic E-state index is 12.4. The smallest absolute Gasteiger partial charge is 0.307 e. The van der Waals surface area contributed by atoms with Crippen molar-refractivity contribution in [2.24, 2.45) is 5.92 Å². The van der Waals surface area contributed by atoms with Gasteiger partial charge in [-0.2, -0.15) is 0 Å². The van der Waals surface area contributed by atoms with E-state index in [1.165, 1.54) is 13.1 Å². The molecule has 2 aromatic rings. The molecule has 3 atom stereocenters. The Morgan fingerprint density at radius 1 is 1.32 bits per heavy atom. The highest BCUT2D eigenvalue weighted by Gasteiger charge is 2.39. The van der Waals surface area contributed by atoms with Gasteiger partial charge in [0, 0.05) is 37.3 Å². The summed E-state index contributed by atoms with van der Waals surface area (Å²) >= 11 is 0. The number of rotatable bonds is 4. The first-order valence-corrected chi connectivity index (χ1v) is 8.45. The van der Waals surface area contributed by atoms with E-state index >= 15 is 0 Å². The third-order valence-electron chi connectivity index (χ3n) is 4.82. The van der Waals surface area contributed by atoms with Crippen LogP contribution in [0.5, 0.6) is 0 Å². The van der Waals surface area contributed by atoms with Crippen molar-refractivity contribution in [2.45, 2.75) is 19.4 Å². The van der Waals surface area contributed by atoms with Crippen molar-refractivity contribution >= 4 is 17.5 Å². The van der Waals surface area contributed by atoms with Crippen LogP contribution in [0.25, 0.3) is 11.3 Å². The van der Waals surface area contributed by atoms with Crippen molar-refractivity contribution in [1.29, 1.82) is 0 Å². The van der Waals surface area contributed by atoms with E-state index in [0.717, 1.165) is 31.6 Å². The number of nitrogens with zero attached hydrogens (tertiary/aromatic N) is 2. The molecule has 7 nitrogen and oxygen atoms in total. The van der Waals surface area contributed by atoms with Gasteiger partial charge in [-0.15, -0.1) is 0 Å². The van der Waals surface area contributed by atoms with Crippen LogP contribution in [0.3, 0.4) is 0 Å². The number of benzene rings is 1. The van der Waals surface area contributed by atoms with Crippen LogP contribution in [0.15, 0.2) is 34.9 Å². The Morgan fingerprint density at radius 3 is 2.92 bits per heavy atom. The molecule has 2 aliphatic rings. The number of oxazole rings is 1. The second-order valence-electron chi connectivity index (χ2n) is 6.68. The van der Waals surface area contributed by atoms with Crippen LogP contribution in [0.4, 0.5) is 5.69 Å². The minimum Gasteiger partial charge on any atom is -0.432 e. The normalized spacial score (nSPS) is 24.3. The Balaban J connectivity index is 1.46. The number of amides is 2. The summed E-state index contributed by atoms with van der Waals surface area (Å²) in [6.45, 7) is 4.56. The van der Waals surface area contributed by atoms with Crippen LogP contribution >= 0.6 is 0 Å². The average molecular weight is 340 g/mol. The number of carbonyl (C=O) groups excluding carboxylic acids is 2. The Kier molecular flexibility index (Phi) is 4.01. The molecule has 1 aromatic carbocycles. The summed E-state index contributed by atoms with van der Waals surface area (Å²) in [5.41, 5.74) is 1.42. The van der Waals surface area contributed by atoms with Gasteiger partial charge in [-0.05, 0) is 31.0 Å². The SMILES string of the molecule is CC(=O)Nc1cccc(-c2cnc(C(=O)NC3CN4CC[C@H]3C4)o2)c1. The van der Waals surface area contributed by atoms with Crippen molar-refractivity contribution in [3.63, 3.8) is 0 Å². The van der Waals surface area contributed by atoms with Crippen LogP contribution in [0.1, 0.15) is 24.0 Å². The summed E-state index contributed by atoms with van der Waals surface area (Å²) in [6.07, 6.45) is 2.67. The monoisotopic (exact) mass is 340 g/mol. The molecule has 0 aliphatic carbocycles. The second kappa shape index (κ2) is 6.33. The van der Waals surface area contributed by atoms with Gasteiger partial charge in [-0.25, -0.2) is 4.98 Å². The van der Waals surface area contributed by atoms with E-state index in [2.05, 4.69) is 20.5 Å². The lowest BCUT2D eigenvalue weighted by Crippen LogP contribution is -2.43. The topological polar surface area (TPSA) is 87.5 Å².